The second-order valence-corrected chi connectivity index (χ2v) is 5.31. The molecule has 0 aliphatic carbocycles. The zero-order chi connectivity index (χ0) is 15.7. The summed E-state index contributed by atoms with van der Waals surface area (Å²) in [4.78, 5) is 23.1. The summed E-state index contributed by atoms with van der Waals surface area (Å²) in [5.41, 5.74) is 0.282. The number of ether oxygens (including phenoxy) is 1. The van der Waals surface area contributed by atoms with Crippen molar-refractivity contribution in [1.29, 1.82) is 0 Å². The van der Waals surface area contributed by atoms with Gasteiger partial charge in [0.05, 0.1) is 6.61 Å². The summed E-state index contributed by atoms with van der Waals surface area (Å²) in [6.45, 7) is 2.06. The largest absolute Gasteiger partial charge is 0.488 e. The highest BCUT2D eigenvalue weighted by molar-refractivity contribution is 9.10. The number of hydrogen-bond donors (Lipinski definition) is 2. The van der Waals surface area contributed by atoms with E-state index in [4.69, 9.17) is 4.74 Å². The van der Waals surface area contributed by atoms with Crippen molar-refractivity contribution in [3.63, 3.8) is 0 Å². The van der Waals surface area contributed by atoms with Gasteiger partial charge in [-0.3, -0.25) is 9.59 Å². The van der Waals surface area contributed by atoms with Crippen molar-refractivity contribution < 1.29 is 4.74 Å². The van der Waals surface area contributed by atoms with Crippen LogP contribution in [0.4, 0.5) is 11.4 Å². The van der Waals surface area contributed by atoms with Crippen LogP contribution in [0, 0.1) is 0 Å². The van der Waals surface area contributed by atoms with Crippen molar-refractivity contribution >= 4 is 27.3 Å². The van der Waals surface area contributed by atoms with Gasteiger partial charge in [-0.2, -0.15) is 0 Å². The maximum atomic E-state index is 11.6. The molecule has 3 aromatic rings. The van der Waals surface area contributed by atoms with Gasteiger partial charge >= 0.3 is 0 Å². The smallest absolute Gasteiger partial charge is 0.272 e. The fourth-order valence-electron chi connectivity index (χ4n) is 1.99. The van der Waals surface area contributed by atoms with Crippen LogP contribution in [0.3, 0.4) is 0 Å². The minimum absolute atomic E-state index is 0.0651. The maximum Gasteiger partial charge on any atom is 0.272 e. The van der Waals surface area contributed by atoms with Crippen molar-refractivity contribution in [1.82, 2.24) is 20.6 Å². The molecule has 0 radical (unpaired) electrons. The van der Waals surface area contributed by atoms with Crippen LogP contribution in [-0.4, -0.2) is 27.2 Å². The molecule has 1 heterocycles. The van der Waals surface area contributed by atoms with Crippen molar-refractivity contribution in [3.05, 3.63) is 43.1 Å². The summed E-state index contributed by atoms with van der Waals surface area (Å²) in [7, 11) is 0. The molecule has 112 valence electrons. The minimum Gasteiger partial charge on any atom is -0.488 e. The molecule has 0 aliphatic heterocycles. The molecule has 9 heteroatoms. The quantitative estimate of drug-likeness (QED) is 0.658. The number of benzene rings is 1. The van der Waals surface area contributed by atoms with Crippen LogP contribution in [0.2, 0.25) is 0 Å². The minimum atomic E-state index is -0.612. The number of aromatic nitrogens is 4. The molecule has 0 bridgehead atoms. The van der Waals surface area contributed by atoms with E-state index in [0.717, 1.165) is 10.0 Å². The summed E-state index contributed by atoms with van der Waals surface area (Å²) in [6.07, 6.45) is 0. The van der Waals surface area contributed by atoms with Crippen LogP contribution in [0.15, 0.2) is 32.3 Å². The van der Waals surface area contributed by atoms with Crippen molar-refractivity contribution in [2.75, 3.05) is 11.9 Å². The summed E-state index contributed by atoms with van der Waals surface area (Å²) >= 11 is 3.38. The third kappa shape index (κ3) is 2.50. The van der Waals surface area contributed by atoms with Crippen molar-refractivity contribution in [3.8, 4) is 17.1 Å². The highest BCUT2D eigenvalue weighted by atomic mass is 79.9. The lowest BCUT2D eigenvalue weighted by Gasteiger charge is -2.13. The van der Waals surface area contributed by atoms with E-state index >= 15 is 0 Å². The third-order valence-corrected chi connectivity index (χ3v) is 3.40. The zero-order valence-corrected chi connectivity index (χ0v) is 13.0. The summed E-state index contributed by atoms with van der Waals surface area (Å²) in [5, 5.41) is 16.4. The SMILES string of the molecule is CCOc1c(Nc2cc(Br)cc(-c3nnn[nH]3)c2)c(=O)c1=O. The van der Waals surface area contributed by atoms with Crippen LogP contribution in [0.5, 0.6) is 5.75 Å². The Hall–Kier alpha value is -2.55. The number of anilines is 2. The molecule has 8 nitrogen and oxygen atoms in total. The molecular weight excluding hydrogens is 354 g/mol. The number of rotatable bonds is 5. The molecule has 3 rings (SSSR count). The molecule has 0 atom stereocenters. The lowest BCUT2D eigenvalue weighted by molar-refractivity contribution is 0.335. The molecule has 0 unspecified atom stereocenters. The number of hydrogen-bond acceptors (Lipinski definition) is 7. The van der Waals surface area contributed by atoms with Gasteiger partial charge in [-0.15, -0.1) is 5.10 Å². The van der Waals surface area contributed by atoms with Crippen molar-refractivity contribution in [2.24, 2.45) is 0 Å². The number of H-pyrrole nitrogens is 1. The standard InChI is InChI=1S/C13H10BrN5O3/c1-2-22-12-9(10(20)11(12)21)15-8-4-6(3-7(14)5-8)13-16-18-19-17-13/h3-5,15H,2H2,1H3,(H,16,17,18,19). The first kappa shape index (κ1) is 14.4. The lowest BCUT2D eigenvalue weighted by Crippen LogP contribution is -2.35. The van der Waals surface area contributed by atoms with Gasteiger partial charge in [0.1, 0.15) is 5.69 Å². The van der Waals surface area contributed by atoms with E-state index in [9.17, 15) is 9.59 Å². The summed E-state index contributed by atoms with van der Waals surface area (Å²) < 4.78 is 5.94. The Morgan fingerprint density at radius 2 is 2.09 bits per heavy atom. The fraction of sp³-hybridized carbons (Fsp3) is 0.154. The van der Waals surface area contributed by atoms with E-state index in [1.807, 2.05) is 6.07 Å². The predicted molar refractivity (Wildman–Crippen MR) is 83.1 cm³/mol. The molecule has 0 saturated heterocycles. The molecule has 0 aliphatic rings. The third-order valence-electron chi connectivity index (χ3n) is 2.94. The van der Waals surface area contributed by atoms with E-state index in [1.54, 1.807) is 19.1 Å². The highest BCUT2D eigenvalue weighted by Gasteiger charge is 2.22. The normalized spacial score (nSPS) is 10.8. The number of nitrogens with zero attached hydrogens (tertiary/aromatic N) is 3. The lowest BCUT2D eigenvalue weighted by atomic mass is 10.1. The predicted octanol–water partition coefficient (Wildman–Crippen LogP) is 1.37. The first-order chi connectivity index (χ1) is 10.6. The van der Waals surface area contributed by atoms with Gasteiger partial charge < -0.3 is 10.1 Å². The number of tetrazole rings is 1. The highest BCUT2D eigenvalue weighted by Crippen LogP contribution is 2.29. The molecule has 1 aromatic heterocycles. The van der Waals surface area contributed by atoms with Crippen LogP contribution in [0.25, 0.3) is 11.4 Å². The Morgan fingerprint density at radius 3 is 2.77 bits per heavy atom. The number of nitrogens with one attached hydrogen (secondary N) is 2. The van der Waals surface area contributed by atoms with Gasteiger partial charge in [0.25, 0.3) is 10.9 Å². The van der Waals surface area contributed by atoms with Crippen LogP contribution >= 0.6 is 15.9 Å². The first-order valence-electron chi connectivity index (χ1n) is 6.38. The Kier molecular flexibility index (Phi) is 3.72. The van der Waals surface area contributed by atoms with Gasteiger partial charge in [0.15, 0.2) is 11.6 Å². The van der Waals surface area contributed by atoms with E-state index in [-0.39, 0.29) is 11.4 Å². The van der Waals surface area contributed by atoms with E-state index in [2.05, 4.69) is 41.9 Å². The topological polar surface area (TPSA) is 110 Å². The van der Waals surface area contributed by atoms with Gasteiger partial charge in [-0.1, -0.05) is 15.9 Å². The number of aromatic amines is 1. The van der Waals surface area contributed by atoms with E-state index < -0.39 is 10.9 Å². The second-order valence-electron chi connectivity index (χ2n) is 4.40. The van der Waals surface area contributed by atoms with Gasteiger partial charge in [-0.25, -0.2) is 5.10 Å². The molecular formula is C13H10BrN5O3. The van der Waals surface area contributed by atoms with Gasteiger partial charge in [-0.05, 0) is 35.5 Å². The summed E-state index contributed by atoms with van der Waals surface area (Å²) in [6, 6.07) is 5.33. The maximum absolute atomic E-state index is 11.6. The monoisotopic (exact) mass is 363 g/mol. The fourth-order valence-corrected chi connectivity index (χ4v) is 2.48. The van der Waals surface area contributed by atoms with Crippen LogP contribution in [0.1, 0.15) is 6.92 Å². The average Bonchev–Trinajstić information content (AvgIpc) is 3.04. The van der Waals surface area contributed by atoms with Gasteiger partial charge in [0.2, 0.25) is 0 Å². The van der Waals surface area contributed by atoms with E-state index in [1.165, 1.54) is 0 Å². The molecule has 0 fully saturated rings. The Balaban J connectivity index is 1.95. The molecule has 2 aromatic carbocycles. The molecule has 0 spiro atoms. The van der Waals surface area contributed by atoms with Crippen LogP contribution < -0.4 is 20.9 Å². The summed E-state index contributed by atoms with van der Waals surface area (Å²) in [5.74, 6) is 0.551. The first-order valence-corrected chi connectivity index (χ1v) is 7.17. The van der Waals surface area contributed by atoms with Crippen LogP contribution in [-0.2, 0) is 0 Å². The van der Waals surface area contributed by atoms with Gasteiger partial charge in [0, 0.05) is 15.7 Å². The second kappa shape index (κ2) is 5.68. The molecule has 0 amide bonds. The van der Waals surface area contributed by atoms with Crippen molar-refractivity contribution in [2.45, 2.75) is 6.92 Å². The number of halogens is 1. The molecule has 0 saturated carbocycles. The molecule has 22 heavy (non-hydrogen) atoms. The Bertz CT molecular complexity index is 884. The zero-order valence-electron chi connectivity index (χ0n) is 11.4. The Labute approximate surface area is 132 Å². The Morgan fingerprint density at radius 1 is 1.27 bits per heavy atom. The molecule has 2 N–H and O–H groups in total. The average molecular weight is 364 g/mol. The van der Waals surface area contributed by atoms with E-state index in [0.29, 0.717) is 18.1 Å².